The molecule has 2 aromatic carbocycles. The highest BCUT2D eigenvalue weighted by atomic mass is 16.5. The minimum absolute atomic E-state index is 0.594. The molecule has 1 atom stereocenters. The maximum Gasteiger partial charge on any atom is 0.120 e. The lowest BCUT2D eigenvalue weighted by atomic mass is 10.0. The molecule has 24 heavy (non-hydrogen) atoms. The summed E-state index contributed by atoms with van der Waals surface area (Å²) in [6.07, 6.45) is 6.31. The molecule has 0 amide bonds. The van der Waals surface area contributed by atoms with Crippen molar-refractivity contribution in [3.05, 3.63) is 60.2 Å². The first-order valence-electron chi connectivity index (χ1n) is 9.17. The molecule has 0 heterocycles. The minimum atomic E-state index is 0.594. The van der Waals surface area contributed by atoms with Crippen molar-refractivity contribution < 1.29 is 9.47 Å². The van der Waals surface area contributed by atoms with Gasteiger partial charge in [0.15, 0.2) is 0 Å². The highest BCUT2D eigenvalue weighted by Crippen LogP contribution is 2.19. The van der Waals surface area contributed by atoms with E-state index in [1.165, 1.54) is 31.2 Å². The molecule has 0 bridgehead atoms. The van der Waals surface area contributed by atoms with E-state index in [-0.39, 0.29) is 0 Å². The third-order valence-corrected chi connectivity index (χ3v) is 4.38. The van der Waals surface area contributed by atoms with Gasteiger partial charge in [-0.2, -0.15) is 0 Å². The van der Waals surface area contributed by atoms with Crippen LogP contribution in [0.2, 0.25) is 0 Å². The minimum Gasteiger partial charge on any atom is -0.494 e. The quantitative estimate of drug-likeness (QED) is 0.454. The van der Waals surface area contributed by atoms with E-state index < -0.39 is 0 Å². The maximum atomic E-state index is 5.80. The maximum absolute atomic E-state index is 5.80. The van der Waals surface area contributed by atoms with E-state index in [9.17, 15) is 0 Å². The van der Waals surface area contributed by atoms with Crippen molar-refractivity contribution in [1.29, 1.82) is 0 Å². The second-order valence-corrected chi connectivity index (χ2v) is 6.46. The lowest BCUT2D eigenvalue weighted by molar-refractivity contribution is 0.295. The zero-order valence-corrected chi connectivity index (χ0v) is 15.0. The zero-order chi connectivity index (χ0) is 17.0. The van der Waals surface area contributed by atoms with Crippen molar-refractivity contribution in [2.24, 2.45) is 5.92 Å². The third-order valence-electron chi connectivity index (χ3n) is 4.38. The summed E-state index contributed by atoms with van der Waals surface area (Å²) >= 11 is 0. The van der Waals surface area contributed by atoms with Crippen molar-refractivity contribution >= 4 is 0 Å². The van der Waals surface area contributed by atoms with E-state index in [1.54, 1.807) is 0 Å². The van der Waals surface area contributed by atoms with Gasteiger partial charge in [-0.25, -0.2) is 0 Å². The number of unbranched alkanes of at least 4 members (excludes halogenated alkanes) is 2. The van der Waals surface area contributed by atoms with Gasteiger partial charge in [0.2, 0.25) is 0 Å². The Morgan fingerprint density at radius 3 is 2.12 bits per heavy atom. The lowest BCUT2D eigenvalue weighted by Crippen LogP contribution is -1.99. The van der Waals surface area contributed by atoms with Crippen LogP contribution in [0.4, 0.5) is 0 Å². The Bertz CT molecular complexity index is 548. The van der Waals surface area contributed by atoms with Crippen LogP contribution in [0.1, 0.15) is 51.5 Å². The summed E-state index contributed by atoms with van der Waals surface area (Å²) in [5.74, 6) is 2.65. The molecular weight excluding hydrogens is 296 g/mol. The van der Waals surface area contributed by atoms with Gasteiger partial charge in [0.05, 0.1) is 6.61 Å². The Labute approximate surface area is 146 Å². The van der Waals surface area contributed by atoms with Crippen LogP contribution in [0.15, 0.2) is 54.6 Å². The molecule has 0 saturated carbocycles. The van der Waals surface area contributed by atoms with Crippen molar-refractivity contribution in [2.75, 3.05) is 6.61 Å². The second kappa shape index (κ2) is 10.7. The van der Waals surface area contributed by atoms with Crippen molar-refractivity contribution in [2.45, 2.75) is 52.6 Å². The van der Waals surface area contributed by atoms with Gasteiger partial charge in [0.1, 0.15) is 18.1 Å². The summed E-state index contributed by atoms with van der Waals surface area (Å²) in [5.41, 5.74) is 1.18. The van der Waals surface area contributed by atoms with E-state index in [4.69, 9.17) is 9.47 Å². The predicted molar refractivity (Wildman–Crippen MR) is 101 cm³/mol. The van der Waals surface area contributed by atoms with Crippen LogP contribution in [-0.2, 0) is 6.61 Å². The van der Waals surface area contributed by atoms with Gasteiger partial charge in [-0.3, -0.25) is 0 Å². The van der Waals surface area contributed by atoms with Gasteiger partial charge in [0.25, 0.3) is 0 Å². The van der Waals surface area contributed by atoms with E-state index in [0.717, 1.165) is 30.4 Å². The molecule has 0 aliphatic heterocycles. The Kier molecular flexibility index (Phi) is 8.23. The van der Waals surface area contributed by atoms with Crippen molar-refractivity contribution in [3.63, 3.8) is 0 Å². The van der Waals surface area contributed by atoms with Crippen LogP contribution in [0.5, 0.6) is 11.5 Å². The Morgan fingerprint density at radius 2 is 1.46 bits per heavy atom. The molecule has 2 aromatic rings. The first-order valence-corrected chi connectivity index (χ1v) is 9.17. The van der Waals surface area contributed by atoms with Gasteiger partial charge in [-0.1, -0.05) is 69.9 Å². The van der Waals surface area contributed by atoms with Gasteiger partial charge in [-0.05, 0) is 42.2 Å². The van der Waals surface area contributed by atoms with Gasteiger partial charge >= 0.3 is 0 Å². The molecule has 0 aromatic heterocycles. The molecule has 0 spiro atoms. The number of benzene rings is 2. The standard InChI is InChI=1S/C22H30O2/c1-3-19(2)10-6-5-9-17-23-21-13-15-22(16-14-21)24-18-20-11-7-4-8-12-20/h4,7-8,11-16,19H,3,5-6,9-10,17-18H2,1-2H3. The average Bonchev–Trinajstić information content (AvgIpc) is 2.64. The summed E-state index contributed by atoms with van der Waals surface area (Å²) in [5, 5.41) is 0. The summed E-state index contributed by atoms with van der Waals surface area (Å²) in [6, 6.07) is 18.1. The van der Waals surface area contributed by atoms with Crippen LogP contribution in [0.25, 0.3) is 0 Å². The molecule has 1 unspecified atom stereocenters. The van der Waals surface area contributed by atoms with Crippen LogP contribution < -0.4 is 9.47 Å². The lowest BCUT2D eigenvalue weighted by Gasteiger charge is -2.10. The van der Waals surface area contributed by atoms with Crippen LogP contribution in [-0.4, -0.2) is 6.61 Å². The van der Waals surface area contributed by atoms with E-state index in [2.05, 4.69) is 26.0 Å². The molecule has 0 N–H and O–H groups in total. The Morgan fingerprint density at radius 1 is 0.792 bits per heavy atom. The Balaban J connectivity index is 1.61. The fourth-order valence-corrected chi connectivity index (χ4v) is 2.54. The highest BCUT2D eigenvalue weighted by Gasteiger charge is 2.00. The topological polar surface area (TPSA) is 18.5 Å². The third kappa shape index (κ3) is 7.08. The highest BCUT2D eigenvalue weighted by molar-refractivity contribution is 5.31. The van der Waals surface area contributed by atoms with Gasteiger partial charge in [-0.15, -0.1) is 0 Å². The van der Waals surface area contributed by atoms with E-state index in [0.29, 0.717) is 6.61 Å². The average molecular weight is 326 g/mol. The summed E-state index contributed by atoms with van der Waals surface area (Å²) in [6.45, 7) is 5.99. The van der Waals surface area contributed by atoms with Gasteiger partial charge < -0.3 is 9.47 Å². The summed E-state index contributed by atoms with van der Waals surface area (Å²) in [4.78, 5) is 0. The second-order valence-electron chi connectivity index (χ2n) is 6.46. The molecule has 2 rings (SSSR count). The molecule has 0 saturated heterocycles. The van der Waals surface area contributed by atoms with Crippen molar-refractivity contribution in [3.8, 4) is 11.5 Å². The molecule has 0 aliphatic carbocycles. The van der Waals surface area contributed by atoms with E-state index >= 15 is 0 Å². The molecule has 0 fully saturated rings. The molecule has 2 heteroatoms. The first-order chi connectivity index (χ1) is 11.8. The summed E-state index contributed by atoms with van der Waals surface area (Å²) in [7, 11) is 0. The first kappa shape index (κ1) is 18.4. The van der Waals surface area contributed by atoms with Crippen LogP contribution in [0, 0.1) is 5.92 Å². The number of hydrogen-bond acceptors (Lipinski definition) is 2. The van der Waals surface area contributed by atoms with E-state index in [1.807, 2.05) is 42.5 Å². The number of ether oxygens (including phenoxy) is 2. The monoisotopic (exact) mass is 326 g/mol. The molecule has 130 valence electrons. The van der Waals surface area contributed by atoms with Crippen LogP contribution in [0.3, 0.4) is 0 Å². The Hall–Kier alpha value is -1.96. The van der Waals surface area contributed by atoms with Gasteiger partial charge in [0, 0.05) is 0 Å². The smallest absolute Gasteiger partial charge is 0.120 e. The fraction of sp³-hybridized carbons (Fsp3) is 0.455. The molecular formula is C22H30O2. The SMILES string of the molecule is CCC(C)CCCCCOc1ccc(OCc2ccccc2)cc1. The molecule has 2 nitrogen and oxygen atoms in total. The van der Waals surface area contributed by atoms with Crippen LogP contribution >= 0.6 is 0 Å². The molecule has 0 radical (unpaired) electrons. The molecule has 0 aliphatic rings. The fourth-order valence-electron chi connectivity index (χ4n) is 2.54. The normalized spacial score (nSPS) is 11.9. The van der Waals surface area contributed by atoms with Crippen molar-refractivity contribution in [1.82, 2.24) is 0 Å². The predicted octanol–water partition coefficient (Wildman–Crippen LogP) is 6.25. The summed E-state index contributed by atoms with van der Waals surface area (Å²) < 4.78 is 11.6. The largest absolute Gasteiger partial charge is 0.494 e. The number of rotatable bonds is 11. The number of hydrogen-bond donors (Lipinski definition) is 0. The zero-order valence-electron chi connectivity index (χ0n) is 15.0.